The van der Waals surface area contributed by atoms with Crippen molar-refractivity contribution >= 4 is 49.3 Å². The van der Waals surface area contributed by atoms with Gasteiger partial charge in [-0.15, -0.1) is 11.3 Å². The minimum atomic E-state index is -4.25. The zero-order valence-corrected chi connectivity index (χ0v) is 27.1. The molecule has 5 heterocycles. The fourth-order valence-corrected chi connectivity index (χ4v) is 8.16. The maximum Gasteiger partial charge on any atom is 0.393 e. The summed E-state index contributed by atoms with van der Waals surface area (Å²) in [6.07, 6.45) is -0.289. The number of fused-ring (bicyclic) bond motifs is 2. The molecule has 14 heteroatoms. The maximum atomic E-state index is 12.9. The van der Waals surface area contributed by atoms with Crippen molar-refractivity contribution in [2.75, 3.05) is 57.4 Å². The number of thiophene rings is 1. The highest BCUT2D eigenvalue weighted by Crippen LogP contribution is 2.33. The Labute approximate surface area is 267 Å². The molecule has 2 fully saturated rings. The van der Waals surface area contributed by atoms with Crippen LogP contribution in [0.5, 0.6) is 0 Å². The Kier molecular flexibility index (Phi) is 9.44. The highest BCUT2D eigenvalue weighted by atomic mass is 32.2. The Morgan fingerprint density at radius 2 is 1.80 bits per heavy atom. The number of rotatable bonds is 9. The number of benzene rings is 1. The average molecular weight is 659 g/mol. The molecule has 6 rings (SSSR count). The predicted octanol–water partition coefficient (Wildman–Crippen LogP) is 4.92. The van der Waals surface area contributed by atoms with E-state index in [0.29, 0.717) is 21.7 Å². The van der Waals surface area contributed by atoms with Crippen LogP contribution in [0.2, 0.25) is 0 Å². The molecule has 2 saturated heterocycles. The molecule has 0 aliphatic carbocycles. The van der Waals surface area contributed by atoms with Gasteiger partial charge in [0.05, 0.1) is 22.8 Å². The van der Waals surface area contributed by atoms with Crippen LogP contribution in [0.15, 0.2) is 30.6 Å². The van der Waals surface area contributed by atoms with E-state index in [4.69, 9.17) is 0 Å². The van der Waals surface area contributed by atoms with Gasteiger partial charge in [-0.3, -0.25) is 9.80 Å². The number of nitrogens with zero attached hydrogens (tertiary/aromatic N) is 7. The smallest absolute Gasteiger partial charge is 0.367 e. The van der Waals surface area contributed by atoms with E-state index in [1.165, 1.54) is 17.5 Å². The topological polar surface area (TPSA) is 93.3 Å². The van der Waals surface area contributed by atoms with Crippen molar-refractivity contribution in [3.8, 4) is 6.07 Å². The number of alkyl halides is 3. The lowest BCUT2D eigenvalue weighted by Gasteiger charge is -2.33. The van der Waals surface area contributed by atoms with Gasteiger partial charge in [-0.2, -0.15) is 18.4 Å². The van der Waals surface area contributed by atoms with Gasteiger partial charge in [0.15, 0.2) is 0 Å². The molecule has 0 spiro atoms. The summed E-state index contributed by atoms with van der Waals surface area (Å²) < 4.78 is 54.6. The monoisotopic (exact) mass is 658 g/mol. The van der Waals surface area contributed by atoms with Crippen molar-refractivity contribution in [2.24, 2.45) is 0 Å². The van der Waals surface area contributed by atoms with E-state index in [9.17, 15) is 22.6 Å². The van der Waals surface area contributed by atoms with Crippen molar-refractivity contribution in [1.29, 1.82) is 5.26 Å². The molecule has 45 heavy (non-hydrogen) atoms. The third kappa shape index (κ3) is 7.33. The normalized spacial score (nSPS) is 18.5. The third-order valence-electron chi connectivity index (χ3n) is 8.99. The molecule has 9 nitrogen and oxygen atoms in total. The highest BCUT2D eigenvalue weighted by Gasteiger charge is 2.29. The summed E-state index contributed by atoms with van der Waals surface area (Å²) in [7, 11) is -0.931. The Balaban J connectivity index is 1.07. The minimum absolute atomic E-state index is 0.174. The van der Waals surface area contributed by atoms with Gasteiger partial charge in [0.1, 0.15) is 28.7 Å². The Bertz CT molecular complexity index is 1730. The van der Waals surface area contributed by atoms with Crippen LogP contribution in [-0.2, 0) is 30.5 Å². The van der Waals surface area contributed by atoms with E-state index in [1.807, 2.05) is 10.4 Å². The lowest BCUT2D eigenvalue weighted by atomic mass is 10.0. The van der Waals surface area contributed by atoms with Gasteiger partial charge in [-0.1, -0.05) is 6.07 Å². The number of aromatic nitrogens is 3. The molecule has 1 unspecified atom stereocenters. The average Bonchev–Trinajstić information content (AvgIpc) is 3.59. The lowest BCUT2D eigenvalue weighted by molar-refractivity contribution is -0.126. The van der Waals surface area contributed by atoms with Crippen LogP contribution >= 0.6 is 11.3 Å². The number of halogens is 3. The number of anilines is 1. The number of piperidine rings is 1. The number of piperazine rings is 1. The molecule has 1 N–H and O–H groups in total. The van der Waals surface area contributed by atoms with E-state index in [-0.39, 0.29) is 10.9 Å². The Hall–Kier alpha value is -3.09. The minimum Gasteiger partial charge on any atom is -0.367 e. The highest BCUT2D eigenvalue weighted by molar-refractivity contribution is 7.81. The molecular weight excluding hydrogens is 622 g/mol. The quantitative estimate of drug-likeness (QED) is 0.273. The number of likely N-dealkylation sites (tertiary alicyclic amines) is 1. The van der Waals surface area contributed by atoms with Gasteiger partial charge < -0.3 is 9.88 Å². The summed E-state index contributed by atoms with van der Waals surface area (Å²) in [5.74, 6) is 0.599. The first-order chi connectivity index (χ1) is 21.6. The Morgan fingerprint density at radius 3 is 2.49 bits per heavy atom. The van der Waals surface area contributed by atoms with Crippen molar-refractivity contribution in [1.82, 2.24) is 28.6 Å². The van der Waals surface area contributed by atoms with Crippen LogP contribution < -0.4 is 5.32 Å². The molecular formula is C31H37F3N8OS2. The molecule has 0 radical (unpaired) electrons. The molecule has 0 amide bonds. The van der Waals surface area contributed by atoms with Crippen LogP contribution in [0.1, 0.15) is 34.5 Å². The third-order valence-corrected chi connectivity index (χ3v) is 11.1. The van der Waals surface area contributed by atoms with E-state index in [0.717, 1.165) is 94.0 Å². The second kappa shape index (κ2) is 13.3. The molecule has 2 aliphatic heterocycles. The Morgan fingerprint density at radius 1 is 1.04 bits per heavy atom. The molecule has 1 atom stereocenters. The fourth-order valence-electron chi connectivity index (χ4n) is 6.45. The van der Waals surface area contributed by atoms with E-state index in [1.54, 1.807) is 12.3 Å². The zero-order valence-electron chi connectivity index (χ0n) is 25.4. The van der Waals surface area contributed by atoms with Gasteiger partial charge in [0.25, 0.3) is 0 Å². The van der Waals surface area contributed by atoms with Crippen molar-refractivity contribution in [3.05, 3.63) is 52.3 Å². The summed E-state index contributed by atoms with van der Waals surface area (Å²) in [4.78, 5) is 14.1. The van der Waals surface area contributed by atoms with Crippen LogP contribution in [0.3, 0.4) is 0 Å². The largest absolute Gasteiger partial charge is 0.393 e. The summed E-state index contributed by atoms with van der Waals surface area (Å²) in [5, 5.41) is 15.1. The maximum absolute atomic E-state index is 12.9. The molecule has 2 aliphatic rings. The molecule has 3 aromatic heterocycles. The van der Waals surface area contributed by atoms with Crippen molar-refractivity contribution in [3.63, 3.8) is 0 Å². The first-order valence-electron chi connectivity index (χ1n) is 15.2. The summed E-state index contributed by atoms with van der Waals surface area (Å²) in [6.45, 7) is 9.62. The van der Waals surface area contributed by atoms with Gasteiger partial charge >= 0.3 is 6.18 Å². The van der Waals surface area contributed by atoms with Crippen LogP contribution in [-0.4, -0.2) is 97.1 Å². The van der Waals surface area contributed by atoms with Crippen LogP contribution in [0, 0.1) is 18.3 Å². The number of hydrogen-bond acceptors (Lipinski definition) is 8. The molecule has 240 valence electrons. The van der Waals surface area contributed by atoms with Crippen molar-refractivity contribution in [2.45, 2.75) is 51.5 Å². The van der Waals surface area contributed by atoms with E-state index < -0.39 is 23.6 Å². The fraction of sp³-hybridized carbons (Fsp3) is 0.516. The van der Waals surface area contributed by atoms with E-state index >= 15 is 0 Å². The van der Waals surface area contributed by atoms with Crippen LogP contribution in [0.25, 0.3) is 21.1 Å². The van der Waals surface area contributed by atoms with Crippen molar-refractivity contribution < 1.29 is 17.4 Å². The summed E-state index contributed by atoms with van der Waals surface area (Å²) in [5.41, 5.74) is 4.18. The summed E-state index contributed by atoms with van der Waals surface area (Å²) >= 11 is 1.07. The standard InChI is InChI=1S/C31H37F3N8OS2/c1-21-22(3-4-28-26(21)15-24(18-35)42(28)14-11-39-9-12-41(13-10-39)45(2)43)19-40-7-5-23(6-8-40)38-29-27-16-25(17-31(32,33)34)44-30(27)37-20-36-29/h3-4,15-16,20,23H,5-14,17,19H2,1-2H3,(H,36,37,38). The van der Waals surface area contributed by atoms with Crippen LogP contribution in [0.4, 0.5) is 19.0 Å². The molecule has 0 saturated carbocycles. The number of nitrogens with one attached hydrogen (secondary N) is 1. The van der Waals surface area contributed by atoms with Gasteiger partial charge in [0, 0.05) is 87.0 Å². The zero-order chi connectivity index (χ0) is 31.7. The molecule has 1 aromatic carbocycles. The lowest BCUT2D eigenvalue weighted by Crippen LogP contribution is -2.47. The van der Waals surface area contributed by atoms with Gasteiger partial charge in [-0.05, 0) is 49.1 Å². The first-order valence-corrected chi connectivity index (χ1v) is 17.5. The number of aryl methyl sites for hydroxylation is 1. The molecule has 4 aromatic rings. The van der Waals surface area contributed by atoms with Gasteiger partial charge in [-0.25, -0.2) is 18.5 Å². The molecule has 0 bridgehead atoms. The number of nitriles is 1. The second-order valence-electron chi connectivity index (χ2n) is 11.9. The SMILES string of the molecule is Cc1c(CN2CCC(Nc3ncnc4sc(CC(F)(F)F)cc34)CC2)ccc2c1cc(C#N)n2CCN1CCN(S(C)=O)CC1. The second-order valence-corrected chi connectivity index (χ2v) is 14.4. The number of hydrogen-bond donors (Lipinski definition) is 1. The summed E-state index contributed by atoms with van der Waals surface area (Å²) in [6, 6.07) is 10.5. The first kappa shape index (κ1) is 31.9. The van der Waals surface area contributed by atoms with Gasteiger partial charge in [0.2, 0.25) is 0 Å². The van der Waals surface area contributed by atoms with E-state index in [2.05, 4.69) is 54.8 Å². The predicted molar refractivity (Wildman–Crippen MR) is 173 cm³/mol.